The van der Waals surface area contributed by atoms with Crippen LogP contribution in [0.3, 0.4) is 0 Å². The second-order valence-electron chi connectivity index (χ2n) is 4.27. The van der Waals surface area contributed by atoms with E-state index in [1.165, 1.54) is 36.6 Å². The lowest BCUT2D eigenvalue weighted by molar-refractivity contribution is 1.52. The lowest BCUT2D eigenvalue weighted by atomic mass is 10.1. The summed E-state index contributed by atoms with van der Waals surface area (Å²) in [6.45, 7) is 4.31. The van der Waals surface area contributed by atoms with Gasteiger partial charge in [-0.25, -0.2) is 0 Å². The Morgan fingerprint density at radius 1 is 1.00 bits per heavy atom. The van der Waals surface area contributed by atoms with E-state index in [-0.39, 0.29) is 0 Å². The monoisotopic (exact) mass is 244 g/mol. The maximum atomic E-state index is 2.87. The normalized spacial score (nSPS) is 11.4. The highest BCUT2D eigenvalue weighted by Gasteiger charge is 2.08. The number of thiophene rings is 1. The molecule has 0 saturated carbocycles. The van der Waals surface area contributed by atoms with E-state index in [1.807, 2.05) is 11.3 Å². The van der Waals surface area contributed by atoms with Gasteiger partial charge in [0.15, 0.2) is 0 Å². The van der Waals surface area contributed by atoms with Crippen LogP contribution in [0.2, 0.25) is 0 Å². The third-order valence-electron chi connectivity index (χ3n) is 3.05. The van der Waals surface area contributed by atoms with Crippen LogP contribution in [0.15, 0.2) is 30.3 Å². The molecule has 0 bridgehead atoms. The third kappa shape index (κ3) is 1.39. The minimum absolute atomic E-state index is 1.33. The van der Waals surface area contributed by atoms with Crippen LogP contribution >= 0.6 is 20.6 Å². The zero-order valence-electron chi connectivity index (χ0n) is 9.37. The lowest BCUT2D eigenvalue weighted by Gasteiger charge is -1.99. The predicted octanol–water partition coefficient (Wildman–Crippen LogP) is 4.17. The largest absolute Gasteiger partial charge is 0.135 e. The first-order valence-electron chi connectivity index (χ1n) is 5.35. The molecule has 0 saturated heterocycles. The Hall–Kier alpha value is -0.910. The minimum atomic E-state index is 1.33. The van der Waals surface area contributed by atoms with Crippen LogP contribution in [0.4, 0.5) is 0 Å². The molecule has 1 heterocycles. The number of hydrogen-bond donors (Lipinski definition) is 0. The predicted molar refractivity (Wildman–Crippen MR) is 78.1 cm³/mol. The molecule has 1 unspecified atom stereocenters. The van der Waals surface area contributed by atoms with Gasteiger partial charge in [0.25, 0.3) is 0 Å². The third-order valence-corrected chi connectivity index (χ3v) is 5.21. The second-order valence-corrected chi connectivity index (χ2v) is 5.90. The smallest absolute Gasteiger partial charge is 0.0429 e. The molecule has 1 aromatic heterocycles. The second kappa shape index (κ2) is 3.55. The Balaban J connectivity index is 2.55. The molecule has 0 nitrogen and oxygen atoms in total. The van der Waals surface area contributed by atoms with Gasteiger partial charge in [-0.05, 0) is 36.3 Å². The molecule has 0 radical (unpaired) electrons. The van der Waals surface area contributed by atoms with Crippen molar-refractivity contribution in [2.75, 3.05) is 0 Å². The topological polar surface area (TPSA) is 0 Å². The number of aryl methyl sites for hydroxylation is 2. The van der Waals surface area contributed by atoms with Crippen molar-refractivity contribution in [2.45, 2.75) is 13.8 Å². The van der Waals surface area contributed by atoms with E-state index in [2.05, 4.69) is 53.4 Å². The van der Waals surface area contributed by atoms with Gasteiger partial charge in [-0.2, -0.15) is 0 Å². The van der Waals surface area contributed by atoms with E-state index in [1.54, 1.807) is 0 Å². The van der Waals surface area contributed by atoms with Crippen LogP contribution in [0.5, 0.6) is 0 Å². The summed E-state index contributed by atoms with van der Waals surface area (Å²) in [5, 5.41) is 4.11. The van der Waals surface area contributed by atoms with Crippen molar-refractivity contribution in [1.29, 1.82) is 0 Å². The molecule has 0 N–H and O–H groups in total. The average Bonchev–Trinajstić information content (AvgIpc) is 2.62. The summed E-state index contributed by atoms with van der Waals surface area (Å²) in [5.41, 5.74) is 2.68. The molecule has 1 atom stereocenters. The van der Waals surface area contributed by atoms with E-state index in [0.29, 0.717) is 0 Å². The van der Waals surface area contributed by atoms with Crippen LogP contribution in [0.1, 0.15) is 11.1 Å². The van der Waals surface area contributed by atoms with Gasteiger partial charge in [0, 0.05) is 20.2 Å². The zero-order chi connectivity index (χ0) is 11.3. The molecule has 0 aliphatic rings. The fourth-order valence-electron chi connectivity index (χ4n) is 2.07. The first-order valence-corrected chi connectivity index (χ1v) is 6.74. The Kier molecular flexibility index (Phi) is 2.27. The fraction of sp³-hybridized carbons (Fsp3) is 0.143. The van der Waals surface area contributed by atoms with Crippen LogP contribution in [0.25, 0.3) is 20.2 Å². The number of fused-ring (bicyclic) bond motifs is 3. The molecule has 0 amide bonds. The maximum Gasteiger partial charge on any atom is 0.0429 e. The summed E-state index contributed by atoms with van der Waals surface area (Å²) in [7, 11) is 2.87. The molecule has 3 aromatic rings. The summed E-state index contributed by atoms with van der Waals surface area (Å²) in [6, 6.07) is 11.2. The summed E-state index contributed by atoms with van der Waals surface area (Å²) < 4.78 is 2.80. The molecule has 16 heavy (non-hydrogen) atoms. The Bertz CT molecular complexity index is 695. The van der Waals surface area contributed by atoms with Crippen molar-refractivity contribution in [1.82, 2.24) is 0 Å². The summed E-state index contributed by atoms with van der Waals surface area (Å²) in [6.07, 6.45) is 0. The van der Waals surface area contributed by atoms with Gasteiger partial charge in [0.1, 0.15) is 0 Å². The van der Waals surface area contributed by atoms with Crippen molar-refractivity contribution in [3.63, 3.8) is 0 Å². The van der Waals surface area contributed by atoms with Crippen molar-refractivity contribution >= 4 is 46.1 Å². The van der Waals surface area contributed by atoms with Crippen molar-refractivity contribution in [3.05, 3.63) is 41.5 Å². The summed E-state index contributed by atoms with van der Waals surface area (Å²) >= 11 is 1.90. The highest BCUT2D eigenvalue weighted by molar-refractivity contribution is 7.34. The standard InChI is InChI=1S/C14H13PS/c1-8-3-5-10-11-6-4-9(2)13(15)14(11)16-12(10)7-8/h3-7H,15H2,1-2H3. The highest BCUT2D eigenvalue weighted by Crippen LogP contribution is 2.34. The average molecular weight is 244 g/mol. The SMILES string of the molecule is Cc1ccc2c(c1)sc1c(P)c(C)ccc12. The van der Waals surface area contributed by atoms with Crippen LogP contribution in [-0.2, 0) is 0 Å². The molecular weight excluding hydrogens is 231 g/mol. The van der Waals surface area contributed by atoms with E-state index in [9.17, 15) is 0 Å². The molecule has 2 heteroatoms. The van der Waals surface area contributed by atoms with Gasteiger partial charge in [0.05, 0.1) is 0 Å². The van der Waals surface area contributed by atoms with Crippen LogP contribution < -0.4 is 5.30 Å². The zero-order valence-corrected chi connectivity index (χ0v) is 11.3. The van der Waals surface area contributed by atoms with Gasteiger partial charge in [-0.15, -0.1) is 20.6 Å². The van der Waals surface area contributed by atoms with Gasteiger partial charge in [-0.3, -0.25) is 0 Å². The van der Waals surface area contributed by atoms with Crippen molar-refractivity contribution in [2.24, 2.45) is 0 Å². The number of hydrogen-bond acceptors (Lipinski definition) is 1. The molecular formula is C14H13PS. The fourth-order valence-corrected chi connectivity index (χ4v) is 3.81. The van der Waals surface area contributed by atoms with Gasteiger partial charge < -0.3 is 0 Å². The first-order chi connectivity index (χ1) is 7.66. The van der Waals surface area contributed by atoms with Crippen LogP contribution in [-0.4, -0.2) is 0 Å². The molecule has 0 fully saturated rings. The number of rotatable bonds is 0. The molecule has 80 valence electrons. The maximum absolute atomic E-state index is 2.87. The Labute approximate surface area is 101 Å². The summed E-state index contributed by atoms with van der Waals surface area (Å²) in [5.74, 6) is 0. The van der Waals surface area contributed by atoms with E-state index in [4.69, 9.17) is 0 Å². The van der Waals surface area contributed by atoms with Crippen molar-refractivity contribution < 1.29 is 0 Å². The van der Waals surface area contributed by atoms with E-state index < -0.39 is 0 Å². The van der Waals surface area contributed by atoms with Gasteiger partial charge >= 0.3 is 0 Å². The quantitative estimate of drug-likeness (QED) is 0.521. The molecule has 0 aliphatic carbocycles. The first kappa shape index (κ1) is 10.3. The molecule has 3 rings (SSSR count). The number of benzene rings is 2. The van der Waals surface area contributed by atoms with Gasteiger partial charge in [0.2, 0.25) is 0 Å². The van der Waals surface area contributed by atoms with E-state index in [0.717, 1.165) is 0 Å². The molecule has 2 aromatic carbocycles. The Morgan fingerprint density at radius 3 is 2.56 bits per heavy atom. The van der Waals surface area contributed by atoms with Crippen molar-refractivity contribution in [3.8, 4) is 0 Å². The lowest BCUT2D eigenvalue weighted by Crippen LogP contribution is -1.95. The highest BCUT2D eigenvalue weighted by atomic mass is 32.1. The van der Waals surface area contributed by atoms with Gasteiger partial charge in [-0.1, -0.05) is 24.3 Å². The van der Waals surface area contributed by atoms with E-state index >= 15 is 0 Å². The van der Waals surface area contributed by atoms with Crippen LogP contribution in [0, 0.1) is 13.8 Å². The summed E-state index contributed by atoms with van der Waals surface area (Å²) in [4.78, 5) is 0. The molecule has 0 spiro atoms. The molecule has 0 aliphatic heterocycles. The minimum Gasteiger partial charge on any atom is -0.135 e. The Morgan fingerprint density at radius 2 is 1.75 bits per heavy atom.